The van der Waals surface area contributed by atoms with Gasteiger partial charge in [0, 0.05) is 23.8 Å². The van der Waals surface area contributed by atoms with Crippen LogP contribution in [-0.4, -0.2) is 44.9 Å². The molecule has 6 nitrogen and oxygen atoms in total. The van der Waals surface area contributed by atoms with E-state index in [1.54, 1.807) is 48.5 Å². The molecular weight excluding hydrogens is 422 g/mol. The van der Waals surface area contributed by atoms with Gasteiger partial charge in [0.25, 0.3) is 0 Å². The number of nitrogens with one attached hydrogen (secondary N) is 2. The zero-order valence-corrected chi connectivity index (χ0v) is 18.8. The highest BCUT2D eigenvalue weighted by atomic mass is 35.5. The molecule has 0 saturated carbocycles. The van der Waals surface area contributed by atoms with Gasteiger partial charge in [0.1, 0.15) is 0 Å². The molecule has 0 spiro atoms. The normalized spacial score (nSPS) is 18.7. The van der Waals surface area contributed by atoms with E-state index in [0.29, 0.717) is 23.8 Å². The molecule has 8 heteroatoms. The van der Waals surface area contributed by atoms with Crippen molar-refractivity contribution in [3.8, 4) is 0 Å². The summed E-state index contributed by atoms with van der Waals surface area (Å²) in [6.45, 7) is 5.63. The minimum atomic E-state index is -3.54. The third kappa shape index (κ3) is 6.04. The molecule has 2 aromatic rings. The SMILES string of the molecule is Cc1ccc(S(=O)(=O)NCC2CCCN(C(C)C(=O)Nc3cccc(Cl)c3)C2)cc1. The molecule has 162 valence electrons. The fraction of sp³-hybridized carbons (Fsp3) is 0.409. The van der Waals surface area contributed by atoms with Gasteiger partial charge in [0.05, 0.1) is 10.9 Å². The maximum atomic E-state index is 12.7. The van der Waals surface area contributed by atoms with Crippen molar-refractivity contribution in [3.63, 3.8) is 0 Å². The third-order valence-corrected chi connectivity index (χ3v) is 7.14. The Morgan fingerprint density at radius 3 is 2.67 bits per heavy atom. The van der Waals surface area contributed by atoms with Gasteiger partial charge in [-0.05, 0) is 69.5 Å². The monoisotopic (exact) mass is 449 g/mol. The average molecular weight is 450 g/mol. The van der Waals surface area contributed by atoms with Gasteiger partial charge in [-0.2, -0.15) is 0 Å². The fourth-order valence-electron chi connectivity index (χ4n) is 3.62. The molecule has 0 aromatic heterocycles. The number of aryl methyl sites for hydroxylation is 1. The van der Waals surface area contributed by atoms with Crippen molar-refractivity contribution in [2.45, 2.75) is 37.6 Å². The van der Waals surface area contributed by atoms with Gasteiger partial charge in [0.15, 0.2) is 0 Å². The topological polar surface area (TPSA) is 78.5 Å². The second-order valence-electron chi connectivity index (χ2n) is 7.84. The van der Waals surface area contributed by atoms with E-state index in [9.17, 15) is 13.2 Å². The molecule has 2 N–H and O–H groups in total. The largest absolute Gasteiger partial charge is 0.325 e. The van der Waals surface area contributed by atoms with Crippen LogP contribution < -0.4 is 10.0 Å². The maximum absolute atomic E-state index is 12.7. The van der Waals surface area contributed by atoms with E-state index in [2.05, 4.69) is 14.9 Å². The number of likely N-dealkylation sites (tertiary alicyclic amines) is 1. The van der Waals surface area contributed by atoms with E-state index in [4.69, 9.17) is 11.6 Å². The lowest BCUT2D eigenvalue weighted by Gasteiger charge is -2.36. The Kier molecular flexibility index (Phi) is 7.52. The van der Waals surface area contributed by atoms with Crippen LogP contribution in [0.25, 0.3) is 0 Å². The second-order valence-corrected chi connectivity index (χ2v) is 10.0. The maximum Gasteiger partial charge on any atom is 0.241 e. The van der Waals surface area contributed by atoms with Gasteiger partial charge in [-0.25, -0.2) is 13.1 Å². The standard InChI is InChI=1S/C22H28ClN3O3S/c1-16-8-10-21(11-9-16)30(28,29)24-14-18-5-4-12-26(15-18)17(2)22(27)25-20-7-3-6-19(23)13-20/h3,6-11,13,17-18,24H,4-5,12,14-15H2,1-2H3,(H,25,27). The van der Waals surface area contributed by atoms with E-state index in [-0.39, 0.29) is 22.8 Å². The van der Waals surface area contributed by atoms with Crippen LogP contribution in [0.2, 0.25) is 5.02 Å². The molecule has 1 saturated heterocycles. The number of sulfonamides is 1. The predicted octanol–water partition coefficient (Wildman–Crippen LogP) is 3.67. The van der Waals surface area contributed by atoms with E-state index in [1.807, 2.05) is 13.8 Å². The average Bonchev–Trinajstić information content (AvgIpc) is 2.72. The van der Waals surface area contributed by atoms with E-state index in [1.165, 1.54) is 0 Å². The molecule has 2 aromatic carbocycles. The molecule has 0 aliphatic carbocycles. The molecule has 1 heterocycles. The first-order valence-corrected chi connectivity index (χ1v) is 12.0. The van der Waals surface area contributed by atoms with Crippen LogP contribution in [0, 0.1) is 12.8 Å². The van der Waals surface area contributed by atoms with Crippen molar-refractivity contribution in [3.05, 3.63) is 59.1 Å². The summed E-state index contributed by atoms with van der Waals surface area (Å²) < 4.78 is 27.8. The summed E-state index contributed by atoms with van der Waals surface area (Å²) in [4.78, 5) is 15.0. The number of carbonyl (C=O) groups excluding carboxylic acids is 1. The zero-order chi connectivity index (χ0) is 21.7. The molecule has 1 aliphatic heterocycles. The number of anilines is 1. The lowest BCUT2D eigenvalue weighted by Crippen LogP contribution is -2.48. The summed E-state index contributed by atoms with van der Waals surface area (Å²) >= 11 is 5.98. The van der Waals surface area contributed by atoms with Crippen molar-refractivity contribution in [2.24, 2.45) is 5.92 Å². The Hall–Kier alpha value is -1.93. The molecular formula is C22H28ClN3O3S. The predicted molar refractivity (Wildman–Crippen MR) is 120 cm³/mol. The van der Waals surface area contributed by atoms with Gasteiger partial charge in [-0.3, -0.25) is 9.69 Å². The molecule has 3 rings (SSSR count). The number of hydrogen-bond donors (Lipinski definition) is 2. The number of benzene rings is 2. The van der Waals surface area contributed by atoms with Crippen molar-refractivity contribution in [1.29, 1.82) is 0 Å². The molecule has 0 radical (unpaired) electrons. The summed E-state index contributed by atoms with van der Waals surface area (Å²) in [6, 6.07) is 13.6. The number of hydrogen-bond acceptors (Lipinski definition) is 4. The summed E-state index contributed by atoms with van der Waals surface area (Å²) in [6.07, 6.45) is 1.85. The minimum absolute atomic E-state index is 0.0989. The molecule has 1 aliphatic rings. The van der Waals surface area contributed by atoms with Crippen molar-refractivity contribution >= 4 is 33.2 Å². The van der Waals surface area contributed by atoms with Gasteiger partial charge >= 0.3 is 0 Å². The highest BCUT2D eigenvalue weighted by Gasteiger charge is 2.28. The highest BCUT2D eigenvalue weighted by molar-refractivity contribution is 7.89. The number of nitrogens with zero attached hydrogens (tertiary/aromatic N) is 1. The Balaban J connectivity index is 1.55. The lowest BCUT2D eigenvalue weighted by atomic mass is 9.97. The number of halogens is 1. The van der Waals surface area contributed by atoms with E-state index < -0.39 is 10.0 Å². The molecule has 30 heavy (non-hydrogen) atoms. The smallest absolute Gasteiger partial charge is 0.241 e. The number of carbonyl (C=O) groups is 1. The summed E-state index contributed by atoms with van der Waals surface area (Å²) in [5, 5.41) is 3.47. The fourth-order valence-corrected chi connectivity index (χ4v) is 4.93. The molecule has 2 unspecified atom stereocenters. The second kappa shape index (κ2) is 9.92. The van der Waals surface area contributed by atoms with Crippen LogP contribution in [0.15, 0.2) is 53.4 Å². The molecule has 2 atom stereocenters. The first-order valence-electron chi connectivity index (χ1n) is 10.1. The molecule has 1 amide bonds. The van der Waals surface area contributed by atoms with Crippen LogP contribution in [-0.2, 0) is 14.8 Å². The number of piperidine rings is 1. The summed E-state index contributed by atoms with van der Waals surface area (Å²) in [7, 11) is -3.54. The Labute approximate surface area is 183 Å². The lowest BCUT2D eigenvalue weighted by molar-refractivity contribution is -0.121. The number of amides is 1. The summed E-state index contributed by atoms with van der Waals surface area (Å²) in [5.74, 6) is 0.0542. The van der Waals surface area contributed by atoms with Gasteiger partial charge in [0.2, 0.25) is 15.9 Å². The quantitative estimate of drug-likeness (QED) is 0.676. The Morgan fingerprint density at radius 2 is 1.97 bits per heavy atom. The summed E-state index contributed by atoms with van der Waals surface area (Å²) in [5.41, 5.74) is 1.68. The van der Waals surface area contributed by atoms with Gasteiger partial charge in [-0.1, -0.05) is 35.4 Å². The van der Waals surface area contributed by atoms with Crippen LogP contribution >= 0.6 is 11.6 Å². The molecule has 1 fully saturated rings. The number of rotatable bonds is 7. The van der Waals surface area contributed by atoms with Crippen LogP contribution in [0.4, 0.5) is 5.69 Å². The minimum Gasteiger partial charge on any atom is -0.325 e. The first kappa shape index (κ1) is 22.7. The van der Waals surface area contributed by atoms with Crippen molar-refractivity contribution in [1.82, 2.24) is 9.62 Å². The third-order valence-electron chi connectivity index (χ3n) is 5.46. The van der Waals surface area contributed by atoms with E-state index in [0.717, 1.165) is 24.9 Å². The van der Waals surface area contributed by atoms with Crippen molar-refractivity contribution < 1.29 is 13.2 Å². The Bertz CT molecular complexity index is 979. The Morgan fingerprint density at radius 1 is 1.23 bits per heavy atom. The zero-order valence-electron chi connectivity index (χ0n) is 17.3. The van der Waals surface area contributed by atoms with E-state index >= 15 is 0 Å². The van der Waals surface area contributed by atoms with Crippen LogP contribution in [0.3, 0.4) is 0 Å². The van der Waals surface area contributed by atoms with Crippen LogP contribution in [0.5, 0.6) is 0 Å². The van der Waals surface area contributed by atoms with Crippen LogP contribution in [0.1, 0.15) is 25.3 Å². The van der Waals surface area contributed by atoms with Gasteiger partial charge in [-0.15, -0.1) is 0 Å². The van der Waals surface area contributed by atoms with Gasteiger partial charge < -0.3 is 5.32 Å². The first-order chi connectivity index (χ1) is 14.2. The molecule has 0 bridgehead atoms. The van der Waals surface area contributed by atoms with Crippen molar-refractivity contribution in [2.75, 3.05) is 25.0 Å². The highest BCUT2D eigenvalue weighted by Crippen LogP contribution is 2.21.